The van der Waals surface area contributed by atoms with Crippen molar-refractivity contribution in [2.75, 3.05) is 6.54 Å². The fourth-order valence-electron chi connectivity index (χ4n) is 4.48. The Morgan fingerprint density at radius 2 is 1.60 bits per heavy atom. The van der Waals surface area contributed by atoms with Crippen LogP contribution >= 0.6 is 31.0 Å². The normalized spacial score (nSPS) is 13.8. The standard InChI is InChI=1S/C30H40Cl2N5O9P/c1-4-17(2)27(37-29(41)24(35-18(3)38)14-19-7-11-22(12-8-19)46-47(43,44)45)30(42)36-25(16-26(33)39)28(40)34-13-5-6-20-9-10-21(31)15-23(20)32/h7-12,15,17,24-25,27H,4-6,13-14,16H2,1-3H3,(H2,33,39)(H,34,40)(H,35,38)(H,36,42)(H,37,41)(H2,43,44,45)/t17-,24-,25-,27-/m0/s1. The first kappa shape index (κ1) is 39.5. The van der Waals surface area contributed by atoms with Gasteiger partial charge in [-0.1, -0.05) is 61.7 Å². The molecule has 47 heavy (non-hydrogen) atoms. The van der Waals surface area contributed by atoms with E-state index < -0.39 is 67.8 Å². The monoisotopic (exact) mass is 715 g/mol. The van der Waals surface area contributed by atoms with Gasteiger partial charge in [-0.15, -0.1) is 0 Å². The Morgan fingerprint density at radius 3 is 2.15 bits per heavy atom. The Balaban J connectivity index is 2.12. The van der Waals surface area contributed by atoms with Crippen LogP contribution in [0.4, 0.5) is 0 Å². The van der Waals surface area contributed by atoms with E-state index in [0.717, 1.165) is 5.56 Å². The number of hydrogen-bond acceptors (Lipinski definition) is 7. The van der Waals surface area contributed by atoms with Gasteiger partial charge < -0.3 is 31.5 Å². The zero-order chi connectivity index (χ0) is 35.3. The Morgan fingerprint density at radius 1 is 0.936 bits per heavy atom. The first-order valence-electron chi connectivity index (χ1n) is 14.7. The summed E-state index contributed by atoms with van der Waals surface area (Å²) in [7, 11) is -4.77. The number of aryl methyl sites for hydroxylation is 1. The molecule has 0 saturated carbocycles. The van der Waals surface area contributed by atoms with Crippen molar-refractivity contribution in [2.24, 2.45) is 11.7 Å². The molecular formula is C30H40Cl2N5O9P. The van der Waals surface area contributed by atoms with Crippen LogP contribution in [0, 0.1) is 5.92 Å². The fourth-order valence-corrected chi connectivity index (χ4v) is 5.38. The van der Waals surface area contributed by atoms with E-state index in [9.17, 15) is 28.5 Å². The van der Waals surface area contributed by atoms with Crippen molar-refractivity contribution < 1.29 is 42.8 Å². The molecule has 0 aliphatic carbocycles. The van der Waals surface area contributed by atoms with Crippen LogP contribution in [-0.2, 0) is 41.4 Å². The van der Waals surface area contributed by atoms with Crippen LogP contribution in [0.15, 0.2) is 42.5 Å². The molecule has 0 radical (unpaired) electrons. The summed E-state index contributed by atoms with van der Waals surface area (Å²) in [6.45, 7) is 4.93. The van der Waals surface area contributed by atoms with Gasteiger partial charge in [-0.2, -0.15) is 0 Å². The minimum Gasteiger partial charge on any atom is -0.404 e. The highest BCUT2D eigenvalue weighted by molar-refractivity contribution is 7.46. The molecule has 258 valence electrons. The molecule has 2 rings (SSSR count). The maximum absolute atomic E-state index is 13.5. The average Bonchev–Trinajstić information content (AvgIpc) is 2.97. The number of nitrogens with one attached hydrogen (secondary N) is 4. The maximum Gasteiger partial charge on any atom is 0.524 e. The Labute approximate surface area is 282 Å². The summed E-state index contributed by atoms with van der Waals surface area (Å²) in [6, 6.07) is 7.00. The lowest BCUT2D eigenvalue weighted by molar-refractivity contribution is -0.135. The quantitative estimate of drug-likeness (QED) is 0.0885. The second-order valence-electron chi connectivity index (χ2n) is 10.9. The second-order valence-corrected chi connectivity index (χ2v) is 12.9. The summed E-state index contributed by atoms with van der Waals surface area (Å²) in [5, 5.41) is 11.4. The van der Waals surface area contributed by atoms with Crippen LogP contribution in [0.2, 0.25) is 10.0 Å². The van der Waals surface area contributed by atoms with Gasteiger partial charge in [0.15, 0.2) is 0 Å². The van der Waals surface area contributed by atoms with Gasteiger partial charge >= 0.3 is 7.82 Å². The Bertz CT molecular complexity index is 1470. The van der Waals surface area contributed by atoms with E-state index in [1.807, 2.05) is 0 Å². The van der Waals surface area contributed by atoms with Gasteiger partial charge in [-0.25, -0.2) is 4.57 Å². The molecule has 4 atom stereocenters. The lowest BCUT2D eigenvalue weighted by Crippen LogP contribution is -2.59. The van der Waals surface area contributed by atoms with Crippen LogP contribution in [0.5, 0.6) is 5.75 Å². The third-order valence-electron chi connectivity index (χ3n) is 7.05. The molecule has 0 unspecified atom stereocenters. The van der Waals surface area contributed by atoms with Gasteiger partial charge in [-0.3, -0.25) is 33.8 Å². The maximum atomic E-state index is 13.5. The lowest BCUT2D eigenvalue weighted by Gasteiger charge is -2.28. The van der Waals surface area contributed by atoms with Gasteiger partial charge in [0.05, 0.1) is 6.42 Å². The summed E-state index contributed by atoms with van der Waals surface area (Å²) in [4.78, 5) is 81.5. The molecule has 8 N–H and O–H groups in total. The number of nitrogens with two attached hydrogens (primary N) is 1. The van der Waals surface area contributed by atoms with E-state index in [4.69, 9.17) is 38.7 Å². The van der Waals surface area contributed by atoms with E-state index in [2.05, 4.69) is 25.8 Å². The summed E-state index contributed by atoms with van der Waals surface area (Å²) >= 11 is 12.1. The number of phosphoric acid groups is 1. The average molecular weight is 717 g/mol. The molecule has 0 spiro atoms. The summed E-state index contributed by atoms with van der Waals surface area (Å²) in [6.07, 6.45) is 0.957. The second kappa shape index (κ2) is 18.6. The van der Waals surface area contributed by atoms with E-state index >= 15 is 0 Å². The zero-order valence-corrected chi connectivity index (χ0v) is 28.5. The van der Waals surface area contributed by atoms with Crippen LogP contribution in [0.3, 0.4) is 0 Å². The largest absolute Gasteiger partial charge is 0.524 e. The van der Waals surface area contributed by atoms with Crippen LogP contribution < -0.4 is 31.5 Å². The van der Waals surface area contributed by atoms with Gasteiger partial charge in [0, 0.05) is 29.9 Å². The molecule has 0 fully saturated rings. The van der Waals surface area contributed by atoms with E-state index in [1.54, 1.807) is 32.0 Å². The molecule has 0 bridgehead atoms. The number of carbonyl (C=O) groups excluding carboxylic acids is 5. The molecule has 2 aromatic rings. The minimum atomic E-state index is -4.77. The summed E-state index contributed by atoms with van der Waals surface area (Å²) in [5.41, 5.74) is 6.70. The molecule has 0 aromatic heterocycles. The first-order chi connectivity index (χ1) is 22.0. The zero-order valence-electron chi connectivity index (χ0n) is 26.1. The van der Waals surface area contributed by atoms with Crippen molar-refractivity contribution in [3.63, 3.8) is 0 Å². The third kappa shape index (κ3) is 14.3. The van der Waals surface area contributed by atoms with E-state index in [1.165, 1.54) is 31.2 Å². The van der Waals surface area contributed by atoms with Crippen molar-refractivity contribution in [1.82, 2.24) is 21.3 Å². The summed E-state index contributed by atoms with van der Waals surface area (Å²) in [5.74, 6) is -3.96. The van der Waals surface area contributed by atoms with Crippen LogP contribution in [0.25, 0.3) is 0 Å². The van der Waals surface area contributed by atoms with Crippen LogP contribution in [0.1, 0.15) is 51.2 Å². The third-order valence-corrected chi connectivity index (χ3v) is 8.09. The molecule has 2 aromatic carbocycles. The SMILES string of the molecule is CC[C@H](C)[C@H](NC(=O)[C@H](Cc1ccc(OP(=O)(O)O)cc1)NC(C)=O)C(=O)N[C@@H](CC(N)=O)C(=O)NCCCc1ccc(Cl)cc1Cl. The number of phosphoric ester groups is 1. The van der Waals surface area contributed by atoms with Gasteiger partial charge in [-0.05, 0) is 54.2 Å². The number of amides is 5. The molecule has 5 amide bonds. The summed E-state index contributed by atoms with van der Waals surface area (Å²) < 4.78 is 15.6. The van der Waals surface area contributed by atoms with Gasteiger partial charge in [0.2, 0.25) is 29.5 Å². The van der Waals surface area contributed by atoms with Crippen molar-refractivity contribution in [3.8, 4) is 5.75 Å². The van der Waals surface area contributed by atoms with Crippen molar-refractivity contribution in [2.45, 2.75) is 71.0 Å². The van der Waals surface area contributed by atoms with Crippen molar-refractivity contribution in [3.05, 3.63) is 63.6 Å². The number of carbonyl (C=O) groups is 5. The highest BCUT2D eigenvalue weighted by Gasteiger charge is 2.32. The highest BCUT2D eigenvalue weighted by Crippen LogP contribution is 2.37. The number of halogens is 2. The molecule has 0 aliphatic rings. The molecule has 0 saturated heterocycles. The smallest absolute Gasteiger partial charge is 0.404 e. The van der Waals surface area contributed by atoms with Gasteiger partial charge in [0.1, 0.15) is 23.9 Å². The fraction of sp³-hybridized carbons (Fsp3) is 0.433. The number of rotatable bonds is 18. The minimum absolute atomic E-state index is 0.0373. The predicted molar refractivity (Wildman–Crippen MR) is 175 cm³/mol. The molecular weight excluding hydrogens is 676 g/mol. The molecule has 0 heterocycles. The van der Waals surface area contributed by atoms with E-state index in [0.29, 0.717) is 34.9 Å². The molecule has 17 heteroatoms. The Hall–Kier alpha value is -3.68. The molecule has 14 nitrogen and oxygen atoms in total. The first-order valence-corrected chi connectivity index (χ1v) is 17.0. The molecule has 0 aliphatic heterocycles. The van der Waals surface area contributed by atoms with Crippen molar-refractivity contribution in [1.29, 1.82) is 0 Å². The highest BCUT2D eigenvalue weighted by atomic mass is 35.5. The number of hydrogen-bond donors (Lipinski definition) is 7. The van der Waals surface area contributed by atoms with Gasteiger partial charge in [0.25, 0.3) is 0 Å². The van der Waals surface area contributed by atoms with Crippen LogP contribution in [-0.4, -0.2) is 64.0 Å². The number of primary amides is 1. The van der Waals surface area contributed by atoms with Crippen molar-refractivity contribution >= 4 is 60.6 Å². The Kier molecular flexibility index (Phi) is 15.6. The predicted octanol–water partition coefficient (Wildman–Crippen LogP) is 2.15. The number of benzene rings is 2. The van der Waals surface area contributed by atoms with E-state index in [-0.39, 0.29) is 18.7 Å². The lowest BCUT2D eigenvalue weighted by atomic mass is 9.96. The topological polar surface area (TPSA) is 226 Å².